The first-order valence-electron chi connectivity index (χ1n) is 6.95. The van der Waals surface area contributed by atoms with Gasteiger partial charge in [0.1, 0.15) is 22.9 Å². The molecule has 124 valence electrons. The van der Waals surface area contributed by atoms with E-state index in [1.807, 2.05) is 6.07 Å². The molecule has 0 saturated heterocycles. The zero-order chi connectivity index (χ0) is 17.9. The van der Waals surface area contributed by atoms with Crippen molar-refractivity contribution in [2.45, 2.75) is 26.4 Å². The number of aromatic nitrogens is 2. The summed E-state index contributed by atoms with van der Waals surface area (Å²) in [5.74, 6) is 0.000972. The second-order valence-corrected chi connectivity index (χ2v) is 5.80. The number of hydrogen-bond acceptors (Lipinski definition) is 6. The summed E-state index contributed by atoms with van der Waals surface area (Å²) >= 11 is 0. The van der Waals surface area contributed by atoms with Crippen molar-refractivity contribution in [3.05, 3.63) is 46.1 Å². The Morgan fingerprint density at radius 3 is 2.67 bits per heavy atom. The number of rotatable bonds is 3. The third-order valence-electron chi connectivity index (χ3n) is 2.82. The number of anilines is 1. The van der Waals surface area contributed by atoms with Gasteiger partial charge in [-0.05, 0) is 26.8 Å². The smallest absolute Gasteiger partial charge is 0.413 e. The summed E-state index contributed by atoms with van der Waals surface area (Å²) in [5, 5.41) is 26.7. The zero-order valence-corrected chi connectivity index (χ0v) is 13.3. The fourth-order valence-electron chi connectivity index (χ4n) is 1.93. The average Bonchev–Trinajstić information content (AvgIpc) is 2.87. The number of nitriles is 1. The maximum absolute atomic E-state index is 12.0. The van der Waals surface area contributed by atoms with Crippen LogP contribution in [0.15, 0.2) is 30.5 Å². The van der Waals surface area contributed by atoms with Crippen molar-refractivity contribution in [3.63, 3.8) is 0 Å². The number of carbonyl (C=O) groups is 1. The van der Waals surface area contributed by atoms with E-state index in [0.29, 0.717) is 0 Å². The molecule has 1 N–H and O–H groups in total. The second-order valence-electron chi connectivity index (χ2n) is 5.80. The van der Waals surface area contributed by atoms with Crippen LogP contribution in [-0.2, 0) is 4.74 Å². The molecule has 9 nitrogen and oxygen atoms in total. The van der Waals surface area contributed by atoms with Gasteiger partial charge in [-0.1, -0.05) is 12.1 Å². The van der Waals surface area contributed by atoms with Gasteiger partial charge in [0.25, 0.3) is 5.69 Å². The lowest BCUT2D eigenvalue weighted by molar-refractivity contribution is -0.384. The Balaban J connectivity index is 2.48. The van der Waals surface area contributed by atoms with Gasteiger partial charge in [-0.2, -0.15) is 10.4 Å². The lowest BCUT2D eigenvalue weighted by Crippen LogP contribution is -2.28. The summed E-state index contributed by atoms with van der Waals surface area (Å²) in [6.07, 6.45) is 0.419. The first-order valence-corrected chi connectivity index (χ1v) is 6.95. The second kappa shape index (κ2) is 6.37. The van der Waals surface area contributed by atoms with E-state index in [-0.39, 0.29) is 22.8 Å². The van der Waals surface area contributed by atoms with Crippen molar-refractivity contribution in [2.75, 3.05) is 5.32 Å². The molecule has 0 bridgehead atoms. The van der Waals surface area contributed by atoms with Crippen molar-refractivity contribution in [2.24, 2.45) is 0 Å². The van der Waals surface area contributed by atoms with Gasteiger partial charge < -0.3 is 4.74 Å². The molecule has 1 amide bonds. The van der Waals surface area contributed by atoms with Crippen molar-refractivity contribution in [1.82, 2.24) is 9.78 Å². The van der Waals surface area contributed by atoms with E-state index >= 15 is 0 Å². The fraction of sp³-hybridized carbons (Fsp3) is 0.267. The lowest BCUT2D eigenvalue weighted by Gasteiger charge is -2.20. The quantitative estimate of drug-likeness (QED) is 0.682. The van der Waals surface area contributed by atoms with Crippen LogP contribution in [0.5, 0.6) is 0 Å². The Morgan fingerprint density at radius 2 is 2.08 bits per heavy atom. The summed E-state index contributed by atoms with van der Waals surface area (Å²) in [6.45, 7) is 5.07. The number of benzene rings is 1. The maximum Gasteiger partial charge on any atom is 0.413 e. The van der Waals surface area contributed by atoms with Crippen molar-refractivity contribution < 1.29 is 14.5 Å². The largest absolute Gasteiger partial charge is 0.444 e. The molecule has 9 heteroatoms. The maximum atomic E-state index is 12.0. The van der Waals surface area contributed by atoms with Crippen molar-refractivity contribution in [1.29, 1.82) is 5.26 Å². The molecule has 1 heterocycles. The van der Waals surface area contributed by atoms with Crippen LogP contribution in [0.1, 0.15) is 26.3 Å². The van der Waals surface area contributed by atoms with Crippen LogP contribution in [0.3, 0.4) is 0 Å². The highest BCUT2D eigenvalue weighted by atomic mass is 16.6. The predicted molar refractivity (Wildman–Crippen MR) is 84.8 cm³/mol. The highest BCUT2D eigenvalue weighted by Crippen LogP contribution is 2.27. The number of amides is 1. The van der Waals surface area contributed by atoms with E-state index in [2.05, 4.69) is 10.4 Å². The van der Waals surface area contributed by atoms with E-state index in [9.17, 15) is 20.2 Å². The Labute approximate surface area is 137 Å². The number of nitro benzene ring substituents is 1. The van der Waals surface area contributed by atoms with E-state index in [4.69, 9.17) is 4.74 Å². The van der Waals surface area contributed by atoms with Crippen LogP contribution in [0, 0.1) is 21.4 Å². The standard InChI is InChI=1S/C15H15N5O4/c1-15(2,3)24-14(21)18-13-10(8-16)9-17-19(13)11-6-4-5-7-12(11)20(22)23/h4-7,9H,1-3H3,(H,18,21). The predicted octanol–water partition coefficient (Wildman–Crippen LogP) is 3.00. The molecule has 0 atom stereocenters. The van der Waals surface area contributed by atoms with Crippen LogP contribution < -0.4 is 5.32 Å². The first-order chi connectivity index (χ1) is 11.2. The Hall–Kier alpha value is -3.41. The molecule has 1 aromatic heterocycles. The van der Waals surface area contributed by atoms with E-state index in [1.165, 1.54) is 24.4 Å². The van der Waals surface area contributed by atoms with Gasteiger partial charge in [-0.25, -0.2) is 9.48 Å². The molecule has 0 unspecified atom stereocenters. The number of nitrogens with one attached hydrogen (secondary N) is 1. The number of carbonyl (C=O) groups excluding carboxylic acids is 1. The third-order valence-corrected chi connectivity index (χ3v) is 2.82. The summed E-state index contributed by atoms with van der Waals surface area (Å²) in [4.78, 5) is 22.6. The molecule has 2 aromatic rings. The molecular formula is C15H15N5O4. The summed E-state index contributed by atoms with van der Waals surface area (Å²) in [7, 11) is 0. The van der Waals surface area contributed by atoms with Crippen molar-refractivity contribution in [3.8, 4) is 11.8 Å². The molecule has 24 heavy (non-hydrogen) atoms. The Bertz CT molecular complexity index is 829. The molecule has 0 aliphatic heterocycles. The number of hydrogen-bond donors (Lipinski definition) is 1. The van der Waals surface area contributed by atoms with Crippen molar-refractivity contribution >= 4 is 17.6 Å². The van der Waals surface area contributed by atoms with Gasteiger partial charge in [0.05, 0.1) is 11.1 Å². The van der Waals surface area contributed by atoms with Crippen LogP contribution in [0.2, 0.25) is 0 Å². The topological polar surface area (TPSA) is 123 Å². The zero-order valence-electron chi connectivity index (χ0n) is 13.3. The normalized spacial score (nSPS) is 10.8. The number of nitro groups is 1. The van der Waals surface area contributed by atoms with Gasteiger partial charge >= 0.3 is 6.09 Å². The SMILES string of the molecule is CC(C)(C)OC(=O)Nc1c(C#N)cnn1-c1ccccc1[N+](=O)[O-]. The van der Waals surface area contributed by atoms with Gasteiger partial charge in [0.15, 0.2) is 5.82 Å². The molecule has 2 rings (SSSR count). The summed E-state index contributed by atoms with van der Waals surface area (Å²) in [6, 6.07) is 7.75. The van der Waals surface area contributed by atoms with Gasteiger partial charge in [-0.15, -0.1) is 0 Å². The summed E-state index contributed by atoms with van der Waals surface area (Å²) < 4.78 is 6.27. The summed E-state index contributed by atoms with van der Waals surface area (Å²) in [5.41, 5.74) is -0.771. The molecule has 1 aromatic carbocycles. The highest BCUT2D eigenvalue weighted by Gasteiger charge is 2.23. The van der Waals surface area contributed by atoms with Crippen LogP contribution >= 0.6 is 0 Å². The fourth-order valence-corrected chi connectivity index (χ4v) is 1.93. The van der Waals surface area contributed by atoms with Crippen LogP contribution in [0.4, 0.5) is 16.3 Å². The van der Waals surface area contributed by atoms with E-state index in [0.717, 1.165) is 4.68 Å². The molecule has 0 aliphatic rings. The number of nitrogens with zero attached hydrogens (tertiary/aromatic N) is 4. The molecule has 0 aliphatic carbocycles. The highest BCUT2D eigenvalue weighted by molar-refractivity contribution is 5.86. The molecule has 0 radical (unpaired) electrons. The number of ether oxygens (including phenoxy) is 1. The van der Waals surface area contributed by atoms with E-state index < -0.39 is 16.6 Å². The average molecular weight is 329 g/mol. The minimum atomic E-state index is -0.792. The van der Waals surface area contributed by atoms with Gasteiger partial charge in [-0.3, -0.25) is 15.4 Å². The Kier molecular flexibility index (Phi) is 4.50. The van der Waals surface area contributed by atoms with E-state index in [1.54, 1.807) is 26.8 Å². The molecule has 0 spiro atoms. The molecule has 0 saturated carbocycles. The van der Waals surface area contributed by atoms with Gasteiger partial charge in [0.2, 0.25) is 0 Å². The first kappa shape index (κ1) is 17.0. The molecular weight excluding hydrogens is 314 g/mol. The minimum absolute atomic E-state index is 0.000972. The van der Waals surface area contributed by atoms with Gasteiger partial charge in [0, 0.05) is 6.07 Å². The Morgan fingerprint density at radius 1 is 1.42 bits per heavy atom. The lowest BCUT2D eigenvalue weighted by atomic mass is 10.2. The number of para-hydroxylation sites is 2. The molecule has 0 fully saturated rings. The van der Waals surface area contributed by atoms with Crippen LogP contribution in [-0.4, -0.2) is 26.4 Å². The minimum Gasteiger partial charge on any atom is -0.444 e. The third kappa shape index (κ3) is 3.67. The monoisotopic (exact) mass is 329 g/mol. The van der Waals surface area contributed by atoms with Crippen LogP contribution in [0.25, 0.3) is 5.69 Å².